The van der Waals surface area contributed by atoms with Gasteiger partial charge in [0.15, 0.2) is 5.75 Å². The van der Waals surface area contributed by atoms with Gasteiger partial charge < -0.3 is 9.84 Å². The first-order chi connectivity index (χ1) is 7.97. The van der Waals surface area contributed by atoms with E-state index in [9.17, 15) is 18.7 Å². The fourth-order valence-corrected chi connectivity index (χ4v) is 1.39. The lowest BCUT2D eigenvalue weighted by atomic mass is 10.2. The number of rotatable bonds is 4. The Hall–Kier alpha value is -1.43. The summed E-state index contributed by atoms with van der Waals surface area (Å²) in [6, 6.07) is 0. The zero-order valence-corrected chi connectivity index (χ0v) is 9.67. The molecule has 17 heavy (non-hydrogen) atoms. The number of hydrogen-bond donors (Lipinski definition) is 1. The second-order valence-electron chi connectivity index (χ2n) is 3.11. The summed E-state index contributed by atoms with van der Waals surface area (Å²) in [5.74, 6) is -1.37. The Morgan fingerprint density at radius 1 is 1.65 bits per heavy atom. The molecule has 0 aliphatic heterocycles. The van der Waals surface area contributed by atoms with Crippen LogP contribution in [0.2, 0.25) is 5.02 Å². The molecular weight excluding hydrogens is 256 g/mol. The first-order valence-corrected chi connectivity index (χ1v) is 5.15. The number of alkyl halides is 2. The molecule has 0 spiro atoms. The molecule has 0 unspecified atom stereocenters. The van der Waals surface area contributed by atoms with Gasteiger partial charge in [-0.15, -0.1) is 0 Å². The Morgan fingerprint density at radius 2 is 2.29 bits per heavy atom. The zero-order chi connectivity index (χ0) is 13.0. The van der Waals surface area contributed by atoms with Gasteiger partial charge in [-0.25, -0.2) is 8.78 Å². The van der Waals surface area contributed by atoms with E-state index >= 15 is 0 Å². The van der Waals surface area contributed by atoms with Crippen molar-refractivity contribution in [3.05, 3.63) is 22.5 Å². The van der Waals surface area contributed by atoms with E-state index in [4.69, 9.17) is 11.6 Å². The van der Waals surface area contributed by atoms with Gasteiger partial charge in [0.05, 0.1) is 18.1 Å². The van der Waals surface area contributed by atoms with Crippen LogP contribution >= 0.6 is 11.6 Å². The SMILES string of the molecule is CCOC(=O)Cc1cnc(C(F)F)c(O)c1Cl. The predicted octanol–water partition coefficient (Wildman–Crippen LogP) is 2.48. The van der Waals surface area contributed by atoms with Gasteiger partial charge in [0.2, 0.25) is 0 Å². The van der Waals surface area contributed by atoms with Gasteiger partial charge in [0.1, 0.15) is 5.69 Å². The normalized spacial score (nSPS) is 10.6. The molecule has 1 rings (SSSR count). The number of halogens is 3. The van der Waals surface area contributed by atoms with Crippen LogP contribution in [-0.2, 0) is 16.0 Å². The van der Waals surface area contributed by atoms with Crippen LogP contribution in [0.25, 0.3) is 0 Å². The number of nitrogens with zero attached hydrogens (tertiary/aromatic N) is 1. The van der Waals surface area contributed by atoms with E-state index < -0.39 is 23.8 Å². The molecule has 1 aromatic rings. The highest BCUT2D eigenvalue weighted by atomic mass is 35.5. The molecule has 0 saturated heterocycles. The third kappa shape index (κ3) is 3.26. The minimum absolute atomic E-state index is 0.145. The van der Waals surface area contributed by atoms with Crippen molar-refractivity contribution in [3.63, 3.8) is 0 Å². The van der Waals surface area contributed by atoms with Crippen molar-refractivity contribution in [2.75, 3.05) is 6.61 Å². The fourth-order valence-electron chi connectivity index (χ4n) is 1.18. The van der Waals surface area contributed by atoms with Gasteiger partial charge in [-0.1, -0.05) is 11.6 Å². The molecule has 0 atom stereocenters. The third-order valence-electron chi connectivity index (χ3n) is 1.94. The summed E-state index contributed by atoms with van der Waals surface area (Å²) in [5, 5.41) is 9.06. The smallest absolute Gasteiger partial charge is 0.310 e. The quantitative estimate of drug-likeness (QED) is 0.850. The molecule has 0 aliphatic carbocycles. The molecule has 1 aromatic heterocycles. The number of hydrogen-bond acceptors (Lipinski definition) is 4. The standard InChI is InChI=1S/C10H10ClF2NO3/c1-2-17-6(15)3-5-4-14-8(10(12)13)9(16)7(5)11/h4,10,16H,2-3H2,1H3. The maximum atomic E-state index is 12.4. The number of carbonyl (C=O) groups excluding carboxylic acids is 1. The molecule has 0 amide bonds. The van der Waals surface area contributed by atoms with Crippen molar-refractivity contribution >= 4 is 17.6 Å². The molecule has 0 radical (unpaired) electrons. The van der Waals surface area contributed by atoms with E-state index in [0.717, 1.165) is 6.20 Å². The van der Waals surface area contributed by atoms with Crippen LogP contribution in [0.1, 0.15) is 24.6 Å². The second-order valence-corrected chi connectivity index (χ2v) is 3.49. The van der Waals surface area contributed by atoms with Crippen LogP contribution in [0.15, 0.2) is 6.20 Å². The molecule has 1 N–H and O–H groups in total. The summed E-state index contributed by atoms with van der Waals surface area (Å²) < 4.78 is 29.4. The first kappa shape index (κ1) is 13.6. The number of ether oxygens (including phenoxy) is 1. The van der Waals surface area contributed by atoms with E-state index in [1.165, 1.54) is 0 Å². The maximum absolute atomic E-state index is 12.4. The van der Waals surface area contributed by atoms with Gasteiger partial charge in [-0.2, -0.15) is 0 Å². The Bertz CT molecular complexity index is 426. The van der Waals surface area contributed by atoms with Gasteiger partial charge in [0, 0.05) is 11.8 Å². The summed E-state index contributed by atoms with van der Waals surface area (Å²) in [7, 11) is 0. The van der Waals surface area contributed by atoms with Crippen LogP contribution in [0.5, 0.6) is 5.75 Å². The number of aromatic hydroxyl groups is 1. The van der Waals surface area contributed by atoms with Gasteiger partial charge in [-0.05, 0) is 6.92 Å². The largest absolute Gasteiger partial charge is 0.504 e. The minimum Gasteiger partial charge on any atom is -0.504 e. The van der Waals surface area contributed by atoms with Crippen molar-refractivity contribution in [2.24, 2.45) is 0 Å². The Kier molecular flexibility index (Phi) is 4.62. The predicted molar refractivity (Wildman–Crippen MR) is 56.2 cm³/mol. The number of esters is 1. The topological polar surface area (TPSA) is 59.4 Å². The number of carbonyl (C=O) groups is 1. The van der Waals surface area contributed by atoms with Crippen molar-refractivity contribution < 1.29 is 23.4 Å². The van der Waals surface area contributed by atoms with Gasteiger partial charge >= 0.3 is 5.97 Å². The molecule has 0 fully saturated rings. The van der Waals surface area contributed by atoms with Crippen molar-refractivity contribution in [3.8, 4) is 5.75 Å². The van der Waals surface area contributed by atoms with Crippen LogP contribution in [-0.4, -0.2) is 22.7 Å². The molecule has 7 heteroatoms. The van der Waals surface area contributed by atoms with E-state index in [-0.39, 0.29) is 23.6 Å². The average Bonchev–Trinajstić information content (AvgIpc) is 2.25. The third-order valence-corrected chi connectivity index (χ3v) is 2.36. The Balaban J connectivity index is 2.96. The molecule has 1 heterocycles. The van der Waals surface area contributed by atoms with Crippen LogP contribution < -0.4 is 0 Å². The molecule has 4 nitrogen and oxygen atoms in total. The highest BCUT2D eigenvalue weighted by molar-refractivity contribution is 6.33. The van der Waals surface area contributed by atoms with Gasteiger partial charge in [-0.3, -0.25) is 9.78 Å². The molecule has 0 saturated carbocycles. The molecule has 94 valence electrons. The summed E-state index contributed by atoms with van der Waals surface area (Å²) in [5.41, 5.74) is -0.658. The molecule has 0 aromatic carbocycles. The minimum atomic E-state index is -2.93. The van der Waals surface area contributed by atoms with Crippen molar-refractivity contribution in [2.45, 2.75) is 19.8 Å². The van der Waals surface area contributed by atoms with Crippen LogP contribution in [0.3, 0.4) is 0 Å². The lowest BCUT2D eigenvalue weighted by Crippen LogP contribution is -2.08. The molecule has 0 aliphatic rings. The van der Waals surface area contributed by atoms with E-state index in [1.54, 1.807) is 6.92 Å². The highest BCUT2D eigenvalue weighted by Gasteiger charge is 2.20. The maximum Gasteiger partial charge on any atom is 0.310 e. The number of pyridine rings is 1. The summed E-state index contributed by atoms with van der Waals surface area (Å²) >= 11 is 5.66. The van der Waals surface area contributed by atoms with Crippen LogP contribution in [0.4, 0.5) is 8.78 Å². The monoisotopic (exact) mass is 265 g/mol. The van der Waals surface area contributed by atoms with E-state index in [0.29, 0.717) is 0 Å². The first-order valence-electron chi connectivity index (χ1n) is 4.77. The van der Waals surface area contributed by atoms with E-state index in [2.05, 4.69) is 9.72 Å². The van der Waals surface area contributed by atoms with Gasteiger partial charge in [0.25, 0.3) is 6.43 Å². The Morgan fingerprint density at radius 3 is 2.82 bits per heavy atom. The highest BCUT2D eigenvalue weighted by Crippen LogP contribution is 2.34. The van der Waals surface area contributed by atoms with Crippen molar-refractivity contribution in [1.29, 1.82) is 0 Å². The summed E-state index contributed by atoms with van der Waals surface area (Å²) in [6.07, 6.45) is -2.12. The van der Waals surface area contributed by atoms with Crippen molar-refractivity contribution in [1.82, 2.24) is 4.98 Å². The van der Waals surface area contributed by atoms with E-state index in [1.807, 2.05) is 0 Å². The Labute approximate surface area is 101 Å². The average molecular weight is 266 g/mol. The lowest BCUT2D eigenvalue weighted by molar-refractivity contribution is -0.142. The molecule has 0 bridgehead atoms. The number of aromatic nitrogens is 1. The zero-order valence-electron chi connectivity index (χ0n) is 8.91. The van der Waals surface area contributed by atoms with Crippen LogP contribution in [0, 0.1) is 0 Å². The molecular formula is C10H10ClF2NO3. The summed E-state index contributed by atoms with van der Waals surface area (Å²) in [4.78, 5) is 14.5. The summed E-state index contributed by atoms with van der Waals surface area (Å²) in [6.45, 7) is 1.83. The lowest BCUT2D eigenvalue weighted by Gasteiger charge is -2.08. The second kappa shape index (κ2) is 5.77. The fraction of sp³-hybridized carbons (Fsp3) is 0.400.